The molecule has 0 fully saturated rings. The summed E-state index contributed by atoms with van der Waals surface area (Å²) >= 11 is 11.2. The molecule has 0 bridgehead atoms. The molecule has 0 heterocycles. The average Bonchev–Trinajstić information content (AvgIpc) is 1.59. The van der Waals surface area contributed by atoms with Gasteiger partial charge in [0.1, 0.15) is 0 Å². The Hall–Kier alpha value is -0.200. The highest BCUT2D eigenvalue weighted by Crippen LogP contribution is 2.17. The SMILES string of the molecule is [CH]c1cc(Cl)cc(Cl)c1. The lowest BCUT2D eigenvalue weighted by Gasteiger charge is -1.93. The monoisotopic (exact) mass is 158 g/mol. The van der Waals surface area contributed by atoms with Gasteiger partial charge in [0.25, 0.3) is 0 Å². The van der Waals surface area contributed by atoms with Crippen LogP contribution >= 0.6 is 23.2 Å². The summed E-state index contributed by atoms with van der Waals surface area (Å²) in [5.74, 6) is 0. The van der Waals surface area contributed by atoms with Gasteiger partial charge in [-0.25, -0.2) is 0 Å². The van der Waals surface area contributed by atoms with Crippen LogP contribution < -0.4 is 0 Å². The van der Waals surface area contributed by atoms with Gasteiger partial charge >= 0.3 is 0 Å². The Labute approximate surface area is 64.4 Å². The van der Waals surface area contributed by atoms with E-state index in [-0.39, 0.29) is 0 Å². The molecule has 46 valence electrons. The zero-order chi connectivity index (χ0) is 6.85. The van der Waals surface area contributed by atoms with E-state index >= 15 is 0 Å². The van der Waals surface area contributed by atoms with Gasteiger partial charge in [0.15, 0.2) is 0 Å². The van der Waals surface area contributed by atoms with Gasteiger partial charge in [-0.05, 0) is 30.7 Å². The van der Waals surface area contributed by atoms with Crippen LogP contribution in [0.15, 0.2) is 18.2 Å². The first-order chi connectivity index (χ1) is 4.18. The minimum atomic E-state index is 0.569. The van der Waals surface area contributed by atoms with E-state index in [0.717, 1.165) is 0 Å². The normalized spacial score (nSPS) is 9.67. The molecule has 9 heavy (non-hydrogen) atoms. The molecule has 0 unspecified atom stereocenters. The van der Waals surface area contributed by atoms with Crippen molar-refractivity contribution in [3.63, 3.8) is 0 Å². The lowest BCUT2D eigenvalue weighted by molar-refractivity contribution is 1.61. The summed E-state index contributed by atoms with van der Waals surface area (Å²) in [6.45, 7) is 5.39. The van der Waals surface area contributed by atoms with Crippen molar-refractivity contribution >= 4 is 23.2 Å². The average molecular weight is 159 g/mol. The van der Waals surface area contributed by atoms with Crippen molar-refractivity contribution in [1.82, 2.24) is 0 Å². The third kappa shape index (κ3) is 1.88. The van der Waals surface area contributed by atoms with Gasteiger partial charge in [-0.3, -0.25) is 0 Å². The second-order valence-electron chi connectivity index (χ2n) is 1.70. The Bertz CT molecular complexity index is 168. The summed E-state index contributed by atoms with van der Waals surface area (Å²) in [7, 11) is 0. The van der Waals surface area contributed by atoms with Crippen LogP contribution in [0.3, 0.4) is 0 Å². The van der Waals surface area contributed by atoms with Gasteiger partial charge in [0, 0.05) is 10.0 Å². The van der Waals surface area contributed by atoms with Gasteiger partial charge in [-0.15, -0.1) is 0 Å². The first-order valence-corrected chi connectivity index (χ1v) is 3.15. The van der Waals surface area contributed by atoms with Crippen molar-refractivity contribution in [3.05, 3.63) is 40.7 Å². The molecule has 0 aliphatic rings. The molecule has 0 amide bonds. The van der Waals surface area contributed by atoms with Crippen LogP contribution in [-0.2, 0) is 0 Å². The van der Waals surface area contributed by atoms with E-state index in [1.807, 2.05) is 0 Å². The highest BCUT2D eigenvalue weighted by Gasteiger charge is 1.91. The standard InChI is InChI=1S/C7H4Cl2/c1-5-2-6(8)4-7(9)3-5/h1-4H. The van der Waals surface area contributed by atoms with Crippen molar-refractivity contribution in [2.24, 2.45) is 0 Å². The predicted molar refractivity (Wildman–Crippen MR) is 39.9 cm³/mol. The van der Waals surface area contributed by atoms with Gasteiger partial charge in [0.05, 0.1) is 0 Å². The molecule has 0 saturated carbocycles. The molecule has 2 radical (unpaired) electrons. The van der Waals surface area contributed by atoms with Crippen molar-refractivity contribution in [2.75, 3.05) is 0 Å². The third-order valence-corrected chi connectivity index (χ3v) is 1.32. The first kappa shape index (κ1) is 6.91. The maximum Gasteiger partial charge on any atom is 0.0423 e. The number of benzene rings is 1. The Morgan fingerprint density at radius 3 is 1.78 bits per heavy atom. The molecule has 0 spiro atoms. The van der Waals surface area contributed by atoms with Crippen LogP contribution in [0.25, 0.3) is 0 Å². The topological polar surface area (TPSA) is 0 Å². The fourth-order valence-corrected chi connectivity index (χ4v) is 1.12. The molecule has 1 rings (SSSR count). The van der Waals surface area contributed by atoms with E-state index in [1.54, 1.807) is 18.2 Å². The van der Waals surface area contributed by atoms with Gasteiger partial charge in [0.2, 0.25) is 0 Å². The molecular weight excluding hydrogens is 155 g/mol. The molecule has 2 heteroatoms. The Balaban J connectivity index is 3.17. The Morgan fingerprint density at radius 2 is 1.44 bits per heavy atom. The number of rotatable bonds is 0. The Morgan fingerprint density at radius 1 is 1.00 bits per heavy atom. The minimum absolute atomic E-state index is 0.569. The van der Waals surface area contributed by atoms with E-state index in [2.05, 4.69) is 0 Å². The molecule has 0 nitrogen and oxygen atoms in total. The quantitative estimate of drug-likeness (QED) is 0.545. The number of halogens is 2. The molecule has 0 atom stereocenters. The fraction of sp³-hybridized carbons (Fsp3) is 0. The van der Waals surface area contributed by atoms with E-state index < -0.39 is 0 Å². The van der Waals surface area contributed by atoms with Gasteiger partial charge in [-0.2, -0.15) is 0 Å². The van der Waals surface area contributed by atoms with Crippen molar-refractivity contribution in [3.8, 4) is 0 Å². The molecule has 0 aromatic heterocycles. The van der Waals surface area contributed by atoms with E-state index in [0.29, 0.717) is 15.6 Å². The first-order valence-electron chi connectivity index (χ1n) is 2.40. The van der Waals surface area contributed by atoms with Crippen LogP contribution in [-0.4, -0.2) is 0 Å². The summed E-state index contributed by atoms with van der Waals surface area (Å²) in [6, 6.07) is 4.93. The molecule has 1 aromatic rings. The minimum Gasteiger partial charge on any atom is -0.0843 e. The highest BCUT2D eigenvalue weighted by molar-refractivity contribution is 6.34. The van der Waals surface area contributed by atoms with Crippen molar-refractivity contribution in [1.29, 1.82) is 0 Å². The maximum atomic E-state index is 5.59. The molecule has 0 N–H and O–H groups in total. The van der Waals surface area contributed by atoms with Crippen LogP contribution in [0.5, 0.6) is 0 Å². The summed E-state index contributed by atoms with van der Waals surface area (Å²) in [5, 5.41) is 1.14. The lowest BCUT2D eigenvalue weighted by atomic mass is 10.2. The lowest BCUT2D eigenvalue weighted by Crippen LogP contribution is -1.70. The smallest absolute Gasteiger partial charge is 0.0423 e. The summed E-state index contributed by atoms with van der Waals surface area (Å²) in [5.41, 5.74) is 0.590. The fourth-order valence-electron chi connectivity index (χ4n) is 0.575. The zero-order valence-corrected chi connectivity index (χ0v) is 6.08. The summed E-state index contributed by atoms with van der Waals surface area (Å²) < 4.78 is 0. The van der Waals surface area contributed by atoms with Gasteiger partial charge < -0.3 is 0 Å². The summed E-state index contributed by atoms with van der Waals surface area (Å²) in [4.78, 5) is 0. The van der Waals surface area contributed by atoms with Crippen molar-refractivity contribution < 1.29 is 0 Å². The van der Waals surface area contributed by atoms with Crippen molar-refractivity contribution in [2.45, 2.75) is 0 Å². The van der Waals surface area contributed by atoms with Gasteiger partial charge in [-0.1, -0.05) is 23.2 Å². The molecule has 0 saturated heterocycles. The van der Waals surface area contributed by atoms with Crippen LogP contribution in [0, 0.1) is 6.92 Å². The summed E-state index contributed by atoms with van der Waals surface area (Å²) in [6.07, 6.45) is 0. The van der Waals surface area contributed by atoms with E-state index in [4.69, 9.17) is 30.1 Å². The Kier molecular flexibility index (Phi) is 1.99. The predicted octanol–water partition coefficient (Wildman–Crippen LogP) is 3.05. The third-order valence-electron chi connectivity index (χ3n) is 0.885. The molecule has 0 aliphatic heterocycles. The van der Waals surface area contributed by atoms with Crippen LogP contribution in [0.2, 0.25) is 10.0 Å². The molecular formula is C7H4Cl2. The highest BCUT2D eigenvalue weighted by atomic mass is 35.5. The number of hydrogen-bond acceptors (Lipinski definition) is 0. The van der Waals surface area contributed by atoms with Crippen LogP contribution in [0.1, 0.15) is 5.56 Å². The van der Waals surface area contributed by atoms with E-state index in [9.17, 15) is 0 Å². The largest absolute Gasteiger partial charge is 0.0843 e. The number of hydrogen-bond donors (Lipinski definition) is 0. The molecule has 1 aromatic carbocycles. The molecule has 0 aliphatic carbocycles. The zero-order valence-electron chi connectivity index (χ0n) is 4.57. The van der Waals surface area contributed by atoms with Crippen LogP contribution in [0.4, 0.5) is 0 Å². The maximum absolute atomic E-state index is 5.59. The second-order valence-corrected chi connectivity index (χ2v) is 2.58. The van der Waals surface area contributed by atoms with E-state index in [1.165, 1.54) is 0 Å². The second kappa shape index (κ2) is 2.59.